The number of hydrogen-bond acceptors (Lipinski definition) is 5. The molecule has 0 fully saturated rings. The van der Waals surface area contributed by atoms with Gasteiger partial charge in [-0.15, -0.1) is 0 Å². The van der Waals surface area contributed by atoms with E-state index in [9.17, 15) is 25.5 Å². The first-order chi connectivity index (χ1) is 13.0. The van der Waals surface area contributed by atoms with Crippen molar-refractivity contribution in [2.24, 2.45) is 5.92 Å². The van der Waals surface area contributed by atoms with Gasteiger partial charge in [0.1, 0.15) is 0 Å². The highest BCUT2D eigenvalue weighted by Gasteiger charge is 2.30. The van der Waals surface area contributed by atoms with Crippen molar-refractivity contribution in [2.75, 3.05) is 0 Å². The van der Waals surface area contributed by atoms with Gasteiger partial charge in [0, 0.05) is 24.3 Å². The Labute approximate surface area is 154 Å². The van der Waals surface area contributed by atoms with Gasteiger partial charge in [0.25, 0.3) is 11.4 Å². The van der Waals surface area contributed by atoms with Crippen molar-refractivity contribution in [3.63, 3.8) is 0 Å². The molecule has 2 aliphatic rings. The predicted octanol–water partition coefficient (Wildman–Crippen LogP) is 4.22. The minimum Gasteiger partial charge on any atom is -0.258 e. The van der Waals surface area contributed by atoms with Gasteiger partial charge in [-0.05, 0) is 46.2 Å². The van der Waals surface area contributed by atoms with Crippen LogP contribution in [-0.2, 0) is 12.8 Å². The van der Waals surface area contributed by atoms with Gasteiger partial charge in [0.2, 0.25) is 0 Å². The summed E-state index contributed by atoms with van der Waals surface area (Å²) in [5, 5.41) is 32.1. The SMILES string of the molecule is N#CC(C1=CCc2ccc([N+](=O)[O-])cc21)C1=CCc2ccc([N+](=O)[O-])cc21. The smallest absolute Gasteiger partial charge is 0.258 e. The van der Waals surface area contributed by atoms with Crippen molar-refractivity contribution < 1.29 is 9.85 Å². The van der Waals surface area contributed by atoms with Crippen molar-refractivity contribution in [1.82, 2.24) is 0 Å². The van der Waals surface area contributed by atoms with Crippen LogP contribution in [0, 0.1) is 37.5 Å². The predicted molar refractivity (Wildman–Crippen MR) is 98.7 cm³/mol. The Bertz CT molecular complexity index is 1030. The molecule has 2 aliphatic carbocycles. The van der Waals surface area contributed by atoms with Gasteiger partial charge in [-0.1, -0.05) is 24.3 Å². The molecule has 0 amide bonds. The lowest BCUT2D eigenvalue weighted by Gasteiger charge is -2.15. The van der Waals surface area contributed by atoms with Gasteiger partial charge in [0.05, 0.1) is 21.8 Å². The molecule has 0 atom stereocenters. The minimum absolute atomic E-state index is 0.0188. The summed E-state index contributed by atoms with van der Waals surface area (Å²) in [6, 6.07) is 11.7. The molecule has 0 aliphatic heterocycles. The van der Waals surface area contributed by atoms with Crippen molar-refractivity contribution in [2.45, 2.75) is 12.8 Å². The summed E-state index contributed by atoms with van der Waals surface area (Å²) in [6.45, 7) is 0. The highest BCUT2D eigenvalue weighted by molar-refractivity contribution is 5.90. The average Bonchev–Trinajstić information content (AvgIpc) is 3.26. The van der Waals surface area contributed by atoms with Crippen LogP contribution in [-0.4, -0.2) is 9.85 Å². The van der Waals surface area contributed by atoms with E-state index in [2.05, 4.69) is 6.07 Å². The molecule has 0 saturated carbocycles. The van der Waals surface area contributed by atoms with E-state index in [-0.39, 0.29) is 11.4 Å². The van der Waals surface area contributed by atoms with Crippen LogP contribution in [0.4, 0.5) is 11.4 Å². The second-order valence-corrected chi connectivity index (χ2v) is 6.49. The number of nitrogens with zero attached hydrogens (tertiary/aromatic N) is 3. The summed E-state index contributed by atoms with van der Waals surface area (Å²) in [7, 11) is 0. The maximum Gasteiger partial charge on any atom is 0.270 e. The number of benzene rings is 2. The van der Waals surface area contributed by atoms with Crippen LogP contribution in [0.15, 0.2) is 48.6 Å². The third kappa shape index (κ3) is 2.68. The van der Waals surface area contributed by atoms with Crippen LogP contribution in [0.25, 0.3) is 11.1 Å². The molecule has 0 unspecified atom stereocenters. The van der Waals surface area contributed by atoms with Crippen LogP contribution in [0.1, 0.15) is 22.3 Å². The summed E-state index contributed by atoms with van der Waals surface area (Å²) in [5.74, 6) is -0.628. The largest absolute Gasteiger partial charge is 0.270 e. The van der Waals surface area contributed by atoms with E-state index in [1.54, 1.807) is 12.1 Å². The van der Waals surface area contributed by atoms with Crippen LogP contribution in [0.3, 0.4) is 0 Å². The number of nitro benzene ring substituents is 2. The molecule has 0 spiro atoms. The number of fused-ring (bicyclic) bond motifs is 2. The number of nitriles is 1. The number of non-ortho nitro benzene ring substituents is 2. The van der Waals surface area contributed by atoms with Gasteiger partial charge in [-0.2, -0.15) is 5.26 Å². The summed E-state index contributed by atoms with van der Waals surface area (Å²) in [5.41, 5.74) is 4.70. The fourth-order valence-corrected chi connectivity index (χ4v) is 3.76. The van der Waals surface area contributed by atoms with Crippen molar-refractivity contribution in [1.29, 1.82) is 5.26 Å². The first-order valence-electron chi connectivity index (χ1n) is 8.34. The molecule has 132 valence electrons. The lowest BCUT2D eigenvalue weighted by Crippen LogP contribution is -2.04. The Hall–Kier alpha value is -3.79. The highest BCUT2D eigenvalue weighted by Crippen LogP contribution is 2.44. The van der Waals surface area contributed by atoms with E-state index >= 15 is 0 Å². The molecule has 2 aromatic rings. The third-order valence-electron chi connectivity index (χ3n) is 5.07. The molecular formula is C20H13N3O4. The summed E-state index contributed by atoms with van der Waals surface area (Å²) in [6.07, 6.45) is 5.04. The fraction of sp³-hybridized carbons (Fsp3) is 0.150. The molecule has 27 heavy (non-hydrogen) atoms. The molecule has 0 N–H and O–H groups in total. The standard InChI is InChI=1S/C20H13N3O4/c21-11-20(16-7-3-12-1-5-14(22(24)25)9-18(12)16)17-8-4-13-2-6-15(23(26)27)10-19(13)17/h1-2,5-10,20H,3-4H2. The molecule has 0 radical (unpaired) electrons. The van der Waals surface area contributed by atoms with Gasteiger partial charge < -0.3 is 0 Å². The number of rotatable bonds is 4. The zero-order valence-corrected chi connectivity index (χ0v) is 14.1. The van der Waals surface area contributed by atoms with E-state index in [1.165, 1.54) is 24.3 Å². The average molecular weight is 359 g/mol. The van der Waals surface area contributed by atoms with Gasteiger partial charge in [0.15, 0.2) is 0 Å². The third-order valence-corrected chi connectivity index (χ3v) is 5.07. The number of nitro groups is 2. The fourth-order valence-electron chi connectivity index (χ4n) is 3.76. The topological polar surface area (TPSA) is 110 Å². The summed E-state index contributed by atoms with van der Waals surface area (Å²) < 4.78 is 0. The summed E-state index contributed by atoms with van der Waals surface area (Å²) in [4.78, 5) is 21.3. The van der Waals surface area contributed by atoms with Gasteiger partial charge >= 0.3 is 0 Å². The van der Waals surface area contributed by atoms with E-state index in [4.69, 9.17) is 0 Å². The molecule has 0 bridgehead atoms. The zero-order valence-electron chi connectivity index (χ0n) is 14.1. The van der Waals surface area contributed by atoms with Gasteiger partial charge in [-0.25, -0.2) is 0 Å². The second-order valence-electron chi connectivity index (χ2n) is 6.49. The molecule has 0 aromatic heterocycles. The maximum atomic E-state index is 11.1. The Kier molecular flexibility index (Phi) is 3.81. The monoisotopic (exact) mass is 359 g/mol. The zero-order chi connectivity index (χ0) is 19.1. The Morgan fingerprint density at radius 1 is 0.852 bits per heavy atom. The van der Waals surface area contributed by atoms with Crippen LogP contribution >= 0.6 is 0 Å². The molecule has 7 heteroatoms. The van der Waals surface area contributed by atoms with Crippen molar-refractivity contribution in [3.05, 3.63) is 91.0 Å². The highest BCUT2D eigenvalue weighted by atomic mass is 16.6. The molecule has 2 aromatic carbocycles. The molecule has 0 saturated heterocycles. The summed E-state index contributed by atoms with van der Waals surface area (Å²) >= 11 is 0. The quantitative estimate of drug-likeness (QED) is 0.599. The Morgan fingerprint density at radius 2 is 1.30 bits per heavy atom. The molecule has 4 rings (SSSR count). The second kappa shape index (κ2) is 6.18. The van der Waals surface area contributed by atoms with E-state index < -0.39 is 15.8 Å². The Balaban J connectivity index is 1.77. The number of hydrogen-bond donors (Lipinski definition) is 0. The van der Waals surface area contributed by atoms with Crippen molar-refractivity contribution in [3.8, 4) is 6.07 Å². The Morgan fingerprint density at radius 3 is 1.67 bits per heavy atom. The van der Waals surface area contributed by atoms with E-state index in [0.29, 0.717) is 24.0 Å². The number of allylic oxidation sites excluding steroid dienone is 4. The molecule has 7 nitrogen and oxygen atoms in total. The normalized spacial score (nSPS) is 14.2. The van der Waals surface area contributed by atoms with Crippen LogP contribution in [0.5, 0.6) is 0 Å². The molecule has 0 heterocycles. The first-order valence-corrected chi connectivity index (χ1v) is 8.34. The first kappa shape index (κ1) is 16.7. The van der Waals surface area contributed by atoms with Gasteiger partial charge in [-0.3, -0.25) is 20.2 Å². The minimum atomic E-state index is -0.628. The molecular weight excluding hydrogens is 346 g/mol. The van der Waals surface area contributed by atoms with Crippen molar-refractivity contribution >= 4 is 22.5 Å². The maximum absolute atomic E-state index is 11.1. The van der Waals surface area contributed by atoms with E-state index in [1.807, 2.05) is 12.2 Å². The van der Waals surface area contributed by atoms with E-state index in [0.717, 1.165) is 22.3 Å². The van der Waals surface area contributed by atoms with Crippen LogP contribution in [0.2, 0.25) is 0 Å². The lowest BCUT2D eigenvalue weighted by atomic mass is 9.85. The lowest BCUT2D eigenvalue weighted by molar-refractivity contribution is -0.385. The van der Waals surface area contributed by atoms with Crippen LogP contribution < -0.4 is 0 Å².